The van der Waals surface area contributed by atoms with Crippen LogP contribution in [0.5, 0.6) is 0 Å². The molecule has 138 valence electrons. The third-order valence-electron chi connectivity index (χ3n) is 4.56. The molecule has 0 unspecified atom stereocenters. The van der Waals surface area contributed by atoms with Gasteiger partial charge in [0, 0.05) is 32.3 Å². The van der Waals surface area contributed by atoms with E-state index in [2.05, 4.69) is 20.3 Å². The number of rotatable bonds is 6. The zero-order valence-electron chi connectivity index (χ0n) is 15.2. The van der Waals surface area contributed by atoms with Crippen molar-refractivity contribution in [3.8, 4) is 0 Å². The molecule has 1 N–H and O–H groups in total. The van der Waals surface area contributed by atoms with Crippen molar-refractivity contribution in [2.45, 2.75) is 52.2 Å². The summed E-state index contributed by atoms with van der Waals surface area (Å²) < 4.78 is 1.90. The lowest BCUT2D eigenvalue weighted by molar-refractivity contribution is -0.132. The highest BCUT2D eigenvalue weighted by molar-refractivity contribution is 5.77. The van der Waals surface area contributed by atoms with Crippen LogP contribution in [0, 0.1) is 0 Å². The SMILES string of the molecule is CCc1nccn1CC(=O)N1CCC[C@@H]1c1cncc(CNC(C)=O)n1. The lowest BCUT2D eigenvalue weighted by atomic mass is 10.1. The fraction of sp³-hybridized carbons (Fsp3) is 0.500. The molecule has 0 aromatic carbocycles. The average Bonchev–Trinajstić information content (AvgIpc) is 3.29. The van der Waals surface area contributed by atoms with Gasteiger partial charge in [0.25, 0.3) is 0 Å². The molecule has 2 aromatic rings. The van der Waals surface area contributed by atoms with E-state index in [1.54, 1.807) is 18.6 Å². The van der Waals surface area contributed by atoms with E-state index in [0.717, 1.165) is 37.3 Å². The lowest BCUT2D eigenvalue weighted by Crippen LogP contribution is -2.34. The van der Waals surface area contributed by atoms with Crippen LogP contribution in [0.1, 0.15) is 49.9 Å². The van der Waals surface area contributed by atoms with E-state index in [4.69, 9.17) is 0 Å². The Balaban J connectivity index is 1.72. The molecule has 1 saturated heterocycles. The summed E-state index contributed by atoms with van der Waals surface area (Å²) in [5, 5.41) is 2.72. The van der Waals surface area contributed by atoms with E-state index in [-0.39, 0.29) is 17.9 Å². The molecule has 1 aliphatic rings. The maximum Gasteiger partial charge on any atom is 0.243 e. The molecule has 0 spiro atoms. The molecule has 1 atom stereocenters. The summed E-state index contributed by atoms with van der Waals surface area (Å²) in [6.07, 6.45) is 9.52. The molecular weight excluding hydrogens is 332 g/mol. The van der Waals surface area contributed by atoms with Crippen LogP contribution in [-0.2, 0) is 29.1 Å². The fourth-order valence-electron chi connectivity index (χ4n) is 3.29. The summed E-state index contributed by atoms with van der Waals surface area (Å²) >= 11 is 0. The monoisotopic (exact) mass is 356 g/mol. The standard InChI is InChI=1S/C18H24N6O2/c1-3-17-20-6-8-23(17)12-18(26)24-7-4-5-16(24)15-11-19-9-14(22-15)10-21-13(2)25/h6,8-9,11,16H,3-5,7,10,12H2,1-2H3,(H,21,25)/t16-/m1/s1. The Kier molecular flexibility index (Phi) is 5.60. The van der Waals surface area contributed by atoms with Crippen LogP contribution < -0.4 is 5.32 Å². The van der Waals surface area contributed by atoms with Gasteiger partial charge in [0.15, 0.2) is 0 Å². The summed E-state index contributed by atoms with van der Waals surface area (Å²) in [4.78, 5) is 38.9. The fourth-order valence-corrected chi connectivity index (χ4v) is 3.29. The predicted octanol–water partition coefficient (Wildman–Crippen LogP) is 1.24. The number of amides is 2. The first-order valence-electron chi connectivity index (χ1n) is 8.93. The maximum atomic E-state index is 12.8. The highest BCUT2D eigenvalue weighted by atomic mass is 16.2. The van der Waals surface area contributed by atoms with E-state index < -0.39 is 0 Å². The summed E-state index contributed by atoms with van der Waals surface area (Å²) in [5.41, 5.74) is 1.47. The van der Waals surface area contributed by atoms with E-state index in [0.29, 0.717) is 18.8 Å². The Labute approximate surface area is 152 Å². The van der Waals surface area contributed by atoms with Crippen LogP contribution in [0.2, 0.25) is 0 Å². The molecule has 1 aliphatic heterocycles. The Hall–Kier alpha value is -2.77. The number of carbonyl (C=O) groups is 2. The van der Waals surface area contributed by atoms with Crippen LogP contribution in [-0.4, -0.2) is 42.8 Å². The molecule has 2 aromatic heterocycles. The smallest absolute Gasteiger partial charge is 0.243 e. The van der Waals surface area contributed by atoms with Gasteiger partial charge in [0.1, 0.15) is 12.4 Å². The number of imidazole rings is 1. The van der Waals surface area contributed by atoms with Crippen LogP contribution in [0.25, 0.3) is 0 Å². The van der Waals surface area contributed by atoms with Crippen LogP contribution in [0.4, 0.5) is 0 Å². The minimum atomic E-state index is -0.109. The first-order chi connectivity index (χ1) is 12.6. The molecule has 0 bridgehead atoms. The number of nitrogens with one attached hydrogen (secondary N) is 1. The number of carbonyl (C=O) groups excluding carboxylic acids is 2. The van der Waals surface area contributed by atoms with Gasteiger partial charge in [-0.05, 0) is 12.8 Å². The van der Waals surface area contributed by atoms with Crippen molar-refractivity contribution in [3.63, 3.8) is 0 Å². The molecule has 0 saturated carbocycles. The topological polar surface area (TPSA) is 93.0 Å². The van der Waals surface area contributed by atoms with Gasteiger partial charge in [-0.3, -0.25) is 19.6 Å². The summed E-state index contributed by atoms with van der Waals surface area (Å²) in [6.45, 7) is 4.84. The van der Waals surface area contributed by atoms with E-state index in [1.807, 2.05) is 22.6 Å². The number of hydrogen-bond donors (Lipinski definition) is 1. The summed E-state index contributed by atoms with van der Waals surface area (Å²) in [5.74, 6) is 0.863. The molecule has 8 nitrogen and oxygen atoms in total. The van der Waals surface area contributed by atoms with E-state index in [9.17, 15) is 9.59 Å². The third-order valence-corrected chi connectivity index (χ3v) is 4.56. The molecule has 1 fully saturated rings. The van der Waals surface area contributed by atoms with Gasteiger partial charge in [0.2, 0.25) is 11.8 Å². The third kappa shape index (κ3) is 4.07. The van der Waals surface area contributed by atoms with E-state index >= 15 is 0 Å². The average molecular weight is 356 g/mol. The van der Waals surface area contributed by atoms with Crippen molar-refractivity contribution in [2.24, 2.45) is 0 Å². The Bertz CT molecular complexity index is 787. The largest absolute Gasteiger partial charge is 0.351 e. The summed E-state index contributed by atoms with van der Waals surface area (Å²) in [7, 11) is 0. The van der Waals surface area contributed by atoms with Crippen molar-refractivity contribution < 1.29 is 9.59 Å². The van der Waals surface area contributed by atoms with Crippen molar-refractivity contribution >= 4 is 11.8 Å². The van der Waals surface area contributed by atoms with Crippen molar-refractivity contribution in [1.29, 1.82) is 0 Å². The highest BCUT2D eigenvalue weighted by Gasteiger charge is 2.31. The Morgan fingerprint density at radius 2 is 2.19 bits per heavy atom. The number of likely N-dealkylation sites (tertiary alicyclic amines) is 1. The normalized spacial score (nSPS) is 16.7. The second kappa shape index (κ2) is 8.07. The van der Waals surface area contributed by atoms with Crippen LogP contribution in [0.3, 0.4) is 0 Å². The summed E-state index contributed by atoms with van der Waals surface area (Å²) in [6, 6.07) is -0.0686. The van der Waals surface area contributed by atoms with Gasteiger partial charge in [-0.25, -0.2) is 4.98 Å². The number of hydrogen-bond acceptors (Lipinski definition) is 5. The van der Waals surface area contributed by atoms with Crippen LogP contribution in [0.15, 0.2) is 24.8 Å². The zero-order chi connectivity index (χ0) is 18.5. The first kappa shape index (κ1) is 18.0. The Morgan fingerprint density at radius 3 is 2.96 bits per heavy atom. The molecule has 2 amide bonds. The molecule has 0 radical (unpaired) electrons. The second-order valence-corrected chi connectivity index (χ2v) is 6.42. The number of aryl methyl sites for hydroxylation is 1. The van der Waals surface area contributed by atoms with Gasteiger partial charge in [-0.15, -0.1) is 0 Å². The lowest BCUT2D eigenvalue weighted by Gasteiger charge is -2.25. The van der Waals surface area contributed by atoms with Crippen molar-refractivity contribution in [3.05, 3.63) is 42.0 Å². The minimum absolute atomic E-state index is 0.0641. The molecule has 8 heteroatoms. The Morgan fingerprint density at radius 1 is 1.35 bits per heavy atom. The number of nitrogens with zero attached hydrogens (tertiary/aromatic N) is 5. The van der Waals surface area contributed by atoms with E-state index in [1.165, 1.54) is 6.92 Å². The van der Waals surface area contributed by atoms with Gasteiger partial charge < -0.3 is 14.8 Å². The van der Waals surface area contributed by atoms with Crippen molar-refractivity contribution in [1.82, 2.24) is 29.7 Å². The molecule has 26 heavy (non-hydrogen) atoms. The van der Waals surface area contributed by atoms with Crippen molar-refractivity contribution in [2.75, 3.05) is 6.54 Å². The molecule has 3 rings (SSSR count). The van der Waals surface area contributed by atoms with Gasteiger partial charge >= 0.3 is 0 Å². The molecule has 3 heterocycles. The first-order valence-corrected chi connectivity index (χ1v) is 8.93. The quantitative estimate of drug-likeness (QED) is 0.840. The molecule has 0 aliphatic carbocycles. The van der Waals surface area contributed by atoms with Gasteiger partial charge in [-0.2, -0.15) is 0 Å². The predicted molar refractivity (Wildman–Crippen MR) is 94.8 cm³/mol. The maximum absolute atomic E-state index is 12.8. The molecular formula is C18H24N6O2. The zero-order valence-corrected chi connectivity index (χ0v) is 15.2. The number of aromatic nitrogens is 4. The van der Waals surface area contributed by atoms with Gasteiger partial charge in [0.05, 0.1) is 36.4 Å². The highest BCUT2D eigenvalue weighted by Crippen LogP contribution is 2.30. The van der Waals surface area contributed by atoms with Gasteiger partial charge in [-0.1, -0.05) is 6.92 Å². The minimum Gasteiger partial charge on any atom is -0.351 e. The second-order valence-electron chi connectivity index (χ2n) is 6.42. The van der Waals surface area contributed by atoms with Crippen LogP contribution >= 0.6 is 0 Å².